The van der Waals surface area contributed by atoms with Crippen LogP contribution in [0.3, 0.4) is 0 Å². The fourth-order valence-corrected chi connectivity index (χ4v) is 2.63. The molecule has 0 spiro atoms. The van der Waals surface area contributed by atoms with E-state index in [-0.39, 0.29) is 11.6 Å². The molecule has 1 heterocycles. The van der Waals surface area contributed by atoms with E-state index < -0.39 is 0 Å². The van der Waals surface area contributed by atoms with E-state index in [0.717, 1.165) is 23.0 Å². The number of rotatable bonds is 5. The summed E-state index contributed by atoms with van der Waals surface area (Å²) >= 11 is 6.18. The number of benzene rings is 1. The Labute approximate surface area is 125 Å². The Morgan fingerprint density at radius 3 is 2.85 bits per heavy atom. The molecular weight excluding hydrogens is 272 g/mol. The summed E-state index contributed by atoms with van der Waals surface area (Å²) in [6.07, 6.45) is 2.69. The van der Waals surface area contributed by atoms with Gasteiger partial charge in [0.2, 0.25) is 0 Å². The number of methoxy groups -OCH3 is 1. The van der Waals surface area contributed by atoms with Gasteiger partial charge >= 0.3 is 0 Å². The first-order valence-electron chi connectivity index (χ1n) is 6.77. The van der Waals surface area contributed by atoms with Crippen molar-refractivity contribution in [1.29, 1.82) is 0 Å². The number of nitrogens with zero attached hydrogens (tertiary/aromatic N) is 1. The lowest BCUT2D eigenvalue weighted by molar-refractivity contribution is 0.0128. The number of ether oxygens (including phenoxy) is 1. The van der Waals surface area contributed by atoms with Gasteiger partial charge in [-0.3, -0.25) is 4.98 Å². The lowest BCUT2D eigenvalue weighted by atomic mass is 9.99. The maximum Gasteiger partial charge on any atom is 0.0934 e. The minimum Gasteiger partial charge on any atom is -0.381 e. The molecule has 1 aromatic heterocycles. The highest BCUT2D eigenvalue weighted by atomic mass is 35.5. The Bertz CT molecular complexity index is 598. The topological polar surface area (TPSA) is 34.1 Å². The van der Waals surface area contributed by atoms with E-state index in [1.807, 2.05) is 24.3 Å². The van der Waals surface area contributed by atoms with Crippen molar-refractivity contribution < 1.29 is 4.74 Å². The first-order chi connectivity index (χ1) is 9.41. The molecule has 0 aliphatic heterocycles. The predicted octanol–water partition coefficient (Wildman–Crippen LogP) is 4.50. The largest absolute Gasteiger partial charge is 0.381 e. The van der Waals surface area contributed by atoms with Gasteiger partial charge in [0, 0.05) is 29.8 Å². The Morgan fingerprint density at radius 1 is 1.40 bits per heavy atom. The molecule has 20 heavy (non-hydrogen) atoms. The fourth-order valence-electron chi connectivity index (χ4n) is 2.40. The van der Waals surface area contributed by atoms with E-state index in [9.17, 15) is 0 Å². The van der Waals surface area contributed by atoms with Gasteiger partial charge < -0.3 is 10.1 Å². The molecule has 0 radical (unpaired) electrons. The molecule has 0 aliphatic carbocycles. The molecule has 0 aliphatic rings. The van der Waals surface area contributed by atoms with Crippen molar-refractivity contribution in [1.82, 2.24) is 4.98 Å². The lowest BCUT2D eigenvalue weighted by Crippen LogP contribution is -2.31. The van der Waals surface area contributed by atoms with Gasteiger partial charge in [0.25, 0.3) is 0 Å². The Kier molecular flexibility index (Phi) is 4.51. The van der Waals surface area contributed by atoms with Crippen LogP contribution in [-0.4, -0.2) is 23.7 Å². The second-order valence-corrected chi connectivity index (χ2v) is 6.18. The average molecular weight is 293 g/mol. The summed E-state index contributed by atoms with van der Waals surface area (Å²) in [5.41, 5.74) is 1.75. The summed E-state index contributed by atoms with van der Waals surface area (Å²) in [5, 5.41) is 5.25. The van der Waals surface area contributed by atoms with E-state index in [4.69, 9.17) is 16.3 Å². The Morgan fingerprint density at radius 2 is 2.15 bits per heavy atom. The second kappa shape index (κ2) is 5.98. The number of fused-ring (bicyclic) bond motifs is 1. The minimum absolute atomic E-state index is 0.159. The number of nitrogens with one attached hydrogen (secondary N) is 1. The number of hydrogen-bond acceptors (Lipinski definition) is 3. The third kappa shape index (κ3) is 3.62. The molecule has 0 fully saturated rings. The molecule has 1 N–H and O–H groups in total. The maximum absolute atomic E-state index is 6.18. The standard InChI is InChI=1S/C16H21ClN2O/c1-11(10-16(2,3)20-4)19-14-9-13(17)8-12-6-5-7-18-15(12)14/h5-9,11,19H,10H2,1-4H3. The Balaban J connectivity index is 2.25. The van der Waals surface area contributed by atoms with Crippen molar-refractivity contribution in [2.75, 3.05) is 12.4 Å². The summed E-state index contributed by atoms with van der Waals surface area (Å²) in [4.78, 5) is 4.44. The highest BCUT2D eigenvalue weighted by Gasteiger charge is 2.20. The van der Waals surface area contributed by atoms with Crippen molar-refractivity contribution in [3.63, 3.8) is 0 Å². The molecule has 2 aromatic rings. The minimum atomic E-state index is -0.159. The summed E-state index contributed by atoms with van der Waals surface area (Å²) in [6, 6.07) is 8.04. The first-order valence-corrected chi connectivity index (χ1v) is 7.15. The third-order valence-electron chi connectivity index (χ3n) is 3.42. The van der Waals surface area contributed by atoms with Crippen LogP contribution in [0, 0.1) is 0 Å². The van der Waals surface area contributed by atoms with Crippen molar-refractivity contribution in [3.05, 3.63) is 35.5 Å². The maximum atomic E-state index is 6.18. The van der Waals surface area contributed by atoms with E-state index >= 15 is 0 Å². The molecule has 0 amide bonds. The summed E-state index contributed by atoms with van der Waals surface area (Å²) < 4.78 is 5.48. The molecule has 0 bridgehead atoms. The average Bonchev–Trinajstić information content (AvgIpc) is 2.37. The monoisotopic (exact) mass is 292 g/mol. The number of anilines is 1. The molecule has 1 aromatic carbocycles. The van der Waals surface area contributed by atoms with E-state index in [1.165, 1.54) is 0 Å². The van der Waals surface area contributed by atoms with Gasteiger partial charge in [0.05, 0.1) is 16.8 Å². The zero-order valence-electron chi connectivity index (χ0n) is 12.4. The summed E-state index contributed by atoms with van der Waals surface area (Å²) in [7, 11) is 1.74. The predicted molar refractivity (Wildman–Crippen MR) is 85.5 cm³/mol. The SMILES string of the molecule is COC(C)(C)CC(C)Nc1cc(Cl)cc2cccnc12. The zero-order chi connectivity index (χ0) is 14.8. The molecule has 0 saturated heterocycles. The van der Waals surface area contributed by atoms with Crippen LogP contribution in [-0.2, 0) is 4.74 Å². The normalized spacial score (nSPS) is 13.4. The Hall–Kier alpha value is -1.32. The highest BCUT2D eigenvalue weighted by Crippen LogP contribution is 2.28. The second-order valence-electron chi connectivity index (χ2n) is 5.74. The zero-order valence-corrected chi connectivity index (χ0v) is 13.2. The van der Waals surface area contributed by atoms with Crippen LogP contribution in [0.15, 0.2) is 30.5 Å². The molecular formula is C16H21ClN2O. The van der Waals surface area contributed by atoms with Gasteiger partial charge in [-0.15, -0.1) is 0 Å². The van der Waals surface area contributed by atoms with E-state index in [2.05, 4.69) is 31.1 Å². The molecule has 3 nitrogen and oxygen atoms in total. The van der Waals surface area contributed by atoms with E-state index in [0.29, 0.717) is 5.02 Å². The van der Waals surface area contributed by atoms with Crippen LogP contribution in [0.25, 0.3) is 10.9 Å². The molecule has 1 atom stereocenters. The molecule has 1 unspecified atom stereocenters. The van der Waals surface area contributed by atoms with Crippen molar-refractivity contribution in [2.24, 2.45) is 0 Å². The van der Waals surface area contributed by atoms with Gasteiger partial charge in [-0.2, -0.15) is 0 Å². The van der Waals surface area contributed by atoms with Crippen LogP contribution in [0.2, 0.25) is 5.02 Å². The fraction of sp³-hybridized carbons (Fsp3) is 0.438. The molecule has 108 valence electrons. The number of hydrogen-bond donors (Lipinski definition) is 1. The van der Waals surface area contributed by atoms with Gasteiger partial charge in [-0.25, -0.2) is 0 Å². The smallest absolute Gasteiger partial charge is 0.0934 e. The molecule has 0 saturated carbocycles. The van der Waals surface area contributed by atoms with Crippen LogP contribution in [0.4, 0.5) is 5.69 Å². The highest BCUT2D eigenvalue weighted by molar-refractivity contribution is 6.31. The van der Waals surface area contributed by atoms with Crippen LogP contribution in [0.5, 0.6) is 0 Å². The van der Waals surface area contributed by atoms with Gasteiger partial charge in [0.15, 0.2) is 0 Å². The van der Waals surface area contributed by atoms with Gasteiger partial charge in [0.1, 0.15) is 0 Å². The number of halogens is 1. The molecule has 4 heteroatoms. The van der Waals surface area contributed by atoms with Crippen molar-refractivity contribution in [3.8, 4) is 0 Å². The quantitative estimate of drug-likeness (QED) is 0.881. The van der Waals surface area contributed by atoms with Gasteiger partial charge in [-0.1, -0.05) is 17.7 Å². The third-order valence-corrected chi connectivity index (χ3v) is 3.64. The van der Waals surface area contributed by atoms with Crippen LogP contribution >= 0.6 is 11.6 Å². The van der Waals surface area contributed by atoms with Crippen molar-refractivity contribution >= 4 is 28.2 Å². The summed E-state index contributed by atoms with van der Waals surface area (Å²) in [5.74, 6) is 0. The summed E-state index contributed by atoms with van der Waals surface area (Å²) in [6.45, 7) is 6.30. The van der Waals surface area contributed by atoms with Crippen LogP contribution in [0.1, 0.15) is 27.2 Å². The first kappa shape index (κ1) is 15.1. The lowest BCUT2D eigenvalue weighted by Gasteiger charge is -2.27. The van der Waals surface area contributed by atoms with Crippen molar-refractivity contribution in [2.45, 2.75) is 38.8 Å². The molecule has 2 rings (SSSR count). The van der Waals surface area contributed by atoms with Crippen LogP contribution < -0.4 is 5.32 Å². The number of pyridine rings is 1. The van der Waals surface area contributed by atoms with E-state index in [1.54, 1.807) is 13.3 Å². The van der Waals surface area contributed by atoms with Gasteiger partial charge in [-0.05, 0) is 45.4 Å². The number of aromatic nitrogens is 1.